The minimum Gasteiger partial charge on any atom is -0.505 e. The molecule has 0 atom stereocenters. The van der Waals surface area contributed by atoms with Gasteiger partial charge in [-0.2, -0.15) is 0 Å². The van der Waals surface area contributed by atoms with E-state index in [2.05, 4.69) is 5.18 Å². The lowest BCUT2D eigenvalue weighted by atomic mass is 10.1. The average Bonchev–Trinajstić information content (AvgIpc) is 2.38. The Labute approximate surface area is 102 Å². The third-order valence-electron chi connectivity index (χ3n) is 2.66. The molecule has 2 aromatic rings. The van der Waals surface area contributed by atoms with Gasteiger partial charge in [0.05, 0.1) is 5.56 Å². The molecule has 18 heavy (non-hydrogen) atoms. The molecule has 0 amide bonds. The molecule has 2 N–H and O–H groups in total. The van der Waals surface area contributed by atoms with Gasteiger partial charge < -0.3 is 10.2 Å². The SMILES string of the molecule is Cn1c(O)c(-c2ccccc2)c(O)c(N=O)c1=O. The molecule has 6 heteroatoms. The fourth-order valence-corrected chi connectivity index (χ4v) is 1.70. The van der Waals surface area contributed by atoms with E-state index >= 15 is 0 Å². The summed E-state index contributed by atoms with van der Waals surface area (Å²) in [4.78, 5) is 22.2. The first-order valence-corrected chi connectivity index (χ1v) is 5.11. The molecule has 0 bridgehead atoms. The van der Waals surface area contributed by atoms with Crippen LogP contribution in [0.4, 0.5) is 5.69 Å². The average molecular weight is 246 g/mol. The largest absolute Gasteiger partial charge is 0.505 e. The summed E-state index contributed by atoms with van der Waals surface area (Å²) in [5, 5.41) is 22.3. The molecule has 0 fully saturated rings. The highest BCUT2D eigenvalue weighted by atomic mass is 16.3. The molecule has 6 nitrogen and oxygen atoms in total. The maximum atomic E-state index is 11.6. The number of nitroso groups, excluding NO2 is 1. The molecular formula is C12H10N2O4. The van der Waals surface area contributed by atoms with Gasteiger partial charge in [0.25, 0.3) is 5.56 Å². The van der Waals surface area contributed by atoms with Crippen molar-refractivity contribution in [1.29, 1.82) is 0 Å². The second kappa shape index (κ2) is 4.33. The second-order valence-corrected chi connectivity index (χ2v) is 3.72. The van der Waals surface area contributed by atoms with Crippen molar-refractivity contribution in [2.45, 2.75) is 0 Å². The third-order valence-corrected chi connectivity index (χ3v) is 2.66. The van der Waals surface area contributed by atoms with Crippen molar-refractivity contribution in [3.63, 3.8) is 0 Å². The van der Waals surface area contributed by atoms with Crippen LogP contribution >= 0.6 is 0 Å². The summed E-state index contributed by atoms with van der Waals surface area (Å²) in [6, 6.07) is 8.43. The van der Waals surface area contributed by atoms with Gasteiger partial charge in [-0.3, -0.25) is 9.36 Å². The topological polar surface area (TPSA) is 91.9 Å². The van der Waals surface area contributed by atoms with Crippen LogP contribution in [0.5, 0.6) is 11.6 Å². The Bertz CT molecular complexity index is 662. The molecule has 0 spiro atoms. The monoisotopic (exact) mass is 246 g/mol. The highest BCUT2D eigenvalue weighted by molar-refractivity contribution is 5.79. The summed E-state index contributed by atoms with van der Waals surface area (Å²) in [7, 11) is 1.29. The van der Waals surface area contributed by atoms with Crippen molar-refractivity contribution in [3.05, 3.63) is 45.6 Å². The Morgan fingerprint density at radius 1 is 1.17 bits per heavy atom. The molecule has 92 valence electrons. The molecule has 0 radical (unpaired) electrons. The van der Waals surface area contributed by atoms with Gasteiger partial charge in [-0.15, -0.1) is 4.91 Å². The van der Waals surface area contributed by atoms with Crippen molar-refractivity contribution >= 4 is 5.69 Å². The summed E-state index contributed by atoms with van der Waals surface area (Å²) >= 11 is 0. The van der Waals surface area contributed by atoms with Gasteiger partial charge in [0.1, 0.15) is 0 Å². The smallest absolute Gasteiger partial charge is 0.286 e. The van der Waals surface area contributed by atoms with E-state index in [9.17, 15) is 19.9 Å². The normalized spacial score (nSPS) is 10.3. The van der Waals surface area contributed by atoms with Gasteiger partial charge in [-0.25, -0.2) is 0 Å². The van der Waals surface area contributed by atoms with Crippen LogP contribution < -0.4 is 5.56 Å². The molecule has 2 rings (SSSR count). The Morgan fingerprint density at radius 2 is 1.78 bits per heavy atom. The fourth-order valence-electron chi connectivity index (χ4n) is 1.70. The summed E-state index contributed by atoms with van der Waals surface area (Å²) in [5.41, 5.74) is -0.978. The predicted octanol–water partition coefficient (Wildman–Crippen LogP) is 1.86. The number of hydrogen-bond donors (Lipinski definition) is 2. The van der Waals surface area contributed by atoms with E-state index in [1.165, 1.54) is 7.05 Å². The van der Waals surface area contributed by atoms with Crippen LogP contribution in [0.3, 0.4) is 0 Å². The van der Waals surface area contributed by atoms with E-state index in [-0.39, 0.29) is 5.56 Å². The lowest BCUT2D eigenvalue weighted by Crippen LogP contribution is -2.16. The van der Waals surface area contributed by atoms with Crippen LogP contribution in [0, 0.1) is 4.91 Å². The van der Waals surface area contributed by atoms with Gasteiger partial charge in [0.15, 0.2) is 5.75 Å². The molecule has 0 saturated heterocycles. The molecular weight excluding hydrogens is 236 g/mol. The number of nitrogens with zero attached hydrogens (tertiary/aromatic N) is 2. The maximum absolute atomic E-state index is 11.6. The second-order valence-electron chi connectivity index (χ2n) is 3.72. The first-order chi connectivity index (χ1) is 8.57. The molecule has 0 aliphatic rings. The lowest BCUT2D eigenvalue weighted by molar-refractivity contribution is 0.413. The van der Waals surface area contributed by atoms with Crippen molar-refractivity contribution in [2.24, 2.45) is 12.2 Å². The Hall–Kier alpha value is -2.63. The lowest BCUT2D eigenvalue weighted by Gasteiger charge is -2.11. The first kappa shape index (κ1) is 11.8. The zero-order chi connectivity index (χ0) is 13.3. The Kier molecular flexibility index (Phi) is 2.85. The van der Waals surface area contributed by atoms with Crippen LogP contribution in [0.1, 0.15) is 0 Å². The van der Waals surface area contributed by atoms with Crippen LogP contribution in [0.25, 0.3) is 11.1 Å². The van der Waals surface area contributed by atoms with Crippen LogP contribution in [0.15, 0.2) is 40.3 Å². The number of benzene rings is 1. The maximum Gasteiger partial charge on any atom is 0.286 e. The number of rotatable bonds is 2. The predicted molar refractivity (Wildman–Crippen MR) is 65.9 cm³/mol. The van der Waals surface area contributed by atoms with E-state index in [1.54, 1.807) is 30.3 Å². The van der Waals surface area contributed by atoms with E-state index < -0.39 is 22.9 Å². The minimum atomic E-state index is -0.848. The highest BCUT2D eigenvalue weighted by Crippen LogP contribution is 2.40. The number of hydrogen-bond acceptors (Lipinski definition) is 5. The van der Waals surface area contributed by atoms with Crippen molar-refractivity contribution < 1.29 is 10.2 Å². The summed E-state index contributed by atoms with van der Waals surface area (Å²) < 4.78 is 0.860. The van der Waals surface area contributed by atoms with Gasteiger partial charge in [-0.1, -0.05) is 30.3 Å². The zero-order valence-electron chi connectivity index (χ0n) is 9.49. The quantitative estimate of drug-likeness (QED) is 0.791. The molecule has 1 aromatic heterocycles. The molecule has 1 aromatic carbocycles. The fraction of sp³-hybridized carbons (Fsp3) is 0.0833. The van der Waals surface area contributed by atoms with Gasteiger partial charge >= 0.3 is 0 Å². The standard InChI is InChI=1S/C12H10N2O4/c1-14-11(16)8(7-5-3-2-4-6-7)10(15)9(13-18)12(14)17/h2-6,15-16H,1H3. The van der Waals surface area contributed by atoms with Gasteiger partial charge in [0, 0.05) is 7.05 Å². The highest BCUT2D eigenvalue weighted by Gasteiger charge is 2.21. The van der Waals surface area contributed by atoms with Gasteiger partial charge in [-0.05, 0) is 10.7 Å². The number of pyridine rings is 1. The van der Waals surface area contributed by atoms with Gasteiger partial charge in [0.2, 0.25) is 11.6 Å². The zero-order valence-corrected chi connectivity index (χ0v) is 9.49. The van der Waals surface area contributed by atoms with Crippen LogP contribution in [-0.4, -0.2) is 14.8 Å². The van der Waals surface area contributed by atoms with Crippen LogP contribution in [-0.2, 0) is 7.05 Å². The Balaban J connectivity index is 2.88. The Morgan fingerprint density at radius 3 is 2.33 bits per heavy atom. The first-order valence-electron chi connectivity index (χ1n) is 5.11. The van der Waals surface area contributed by atoms with E-state index in [4.69, 9.17) is 0 Å². The third kappa shape index (κ3) is 1.64. The van der Waals surface area contributed by atoms with Crippen molar-refractivity contribution in [3.8, 4) is 22.8 Å². The molecule has 1 heterocycles. The van der Waals surface area contributed by atoms with Crippen molar-refractivity contribution in [2.75, 3.05) is 0 Å². The molecule has 0 saturated carbocycles. The summed E-state index contributed by atoms with van der Waals surface area (Å²) in [5.74, 6) is -1.03. The van der Waals surface area contributed by atoms with Crippen molar-refractivity contribution in [1.82, 2.24) is 4.57 Å². The summed E-state index contributed by atoms with van der Waals surface area (Å²) in [6.45, 7) is 0. The molecule has 0 aliphatic heterocycles. The minimum absolute atomic E-state index is 0.00676. The number of aromatic hydroxyl groups is 2. The number of aromatic nitrogens is 1. The molecule has 0 aliphatic carbocycles. The molecule has 0 unspecified atom stereocenters. The summed E-state index contributed by atoms with van der Waals surface area (Å²) in [6.07, 6.45) is 0. The van der Waals surface area contributed by atoms with E-state index in [0.29, 0.717) is 5.56 Å². The van der Waals surface area contributed by atoms with Crippen LogP contribution in [0.2, 0.25) is 0 Å². The van der Waals surface area contributed by atoms with E-state index in [1.807, 2.05) is 0 Å². The van der Waals surface area contributed by atoms with E-state index in [0.717, 1.165) is 4.57 Å².